The minimum absolute atomic E-state index is 0.0537. The van der Waals surface area contributed by atoms with Gasteiger partial charge in [0.1, 0.15) is 5.70 Å². The van der Waals surface area contributed by atoms with Crippen molar-refractivity contribution in [1.82, 2.24) is 9.80 Å². The van der Waals surface area contributed by atoms with Crippen molar-refractivity contribution in [2.75, 3.05) is 18.2 Å². The molecule has 6 heteroatoms. The molecule has 1 aromatic carbocycles. The second-order valence-electron chi connectivity index (χ2n) is 6.15. The van der Waals surface area contributed by atoms with Crippen LogP contribution >= 0.6 is 23.5 Å². The summed E-state index contributed by atoms with van der Waals surface area (Å²) in [5, 5.41) is 3.62. The number of carbonyl (C=O) groups excluding carboxylic acids is 2. The molecule has 0 saturated carbocycles. The Hall–Kier alpha value is -1.92. The monoisotopic (exact) mass is 370 g/mol. The van der Waals surface area contributed by atoms with Crippen LogP contribution in [-0.4, -0.2) is 39.8 Å². The summed E-state index contributed by atoms with van der Waals surface area (Å²) in [6, 6.07) is 8.21. The van der Waals surface area contributed by atoms with E-state index < -0.39 is 0 Å². The number of fused-ring (bicyclic) bond motifs is 1. The van der Waals surface area contributed by atoms with Gasteiger partial charge >= 0.3 is 0 Å². The molecule has 2 aliphatic heterocycles. The van der Waals surface area contributed by atoms with Gasteiger partial charge in [-0.25, -0.2) is 0 Å². The third kappa shape index (κ3) is 3.41. The van der Waals surface area contributed by atoms with Crippen molar-refractivity contribution in [3.63, 3.8) is 0 Å². The Morgan fingerprint density at radius 3 is 2.88 bits per heavy atom. The molecule has 1 saturated heterocycles. The number of carbonyl (C=O) groups is 2. The first-order valence-electron chi connectivity index (χ1n) is 8.21. The zero-order valence-corrected chi connectivity index (χ0v) is 15.3. The summed E-state index contributed by atoms with van der Waals surface area (Å²) in [6.45, 7) is 0.748. The third-order valence-corrected chi connectivity index (χ3v) is 6.07. The molecule has 4 nitrogen and oxygen atoms in total. The van der Waals surface area contributed by atoms with Gasteiger partial charge in [0.25, 0.3) is 5.91 Å². The van der Waals surface area contributed by atoms with Gasteiger partial charge in [-0.1, -0.05) is 35.9 Å². The lowest BCUT2D eigenvalue weighted by molar-refractivity contribution is -0.133. The quantitative estimate of drug-likeness (QED) is 0.817. The molecule has 1 fully saturated rings. The second kappa shape index (κ2) is 7.14. The van der Waals surface area contributed by atoms with Gasteiger partial charge in [-0.05, 0) is 23.0 Å². The molecular weight excluding hydrogens is 352 g/mol. The van der Waals surface area contributed by atoms with Crippen molar-refractivity contribution in [1.29, 1.82) is 0 Å². The number of thioether (sulfide) groups is 2. The number of benzene rings is 1. The highest BCUT2D eigenvalue weighted by Gasteiger charge is 2.29. The van der Waals surface area contributed by atoms with E-state index in [4.69, 9.17) is 0 Å². The first kappa shape index (κ1) is 16.5. The molecule has 0 radical (unpaired) electrons. The van der Waals surface area contributed by atoms with Crippen LogP contribution in [0.15, 0.2) is 52.6 Å². The lowest BCUT2D eigenvalue weighted by Gasteiger charge is -2.26. The number of nitrogens with zero attached hydrogens (tertiary/aromatic N) is 2. The molecular formula is C19H18N2O2S2. The predicted molar refractivity (Wildman–Crippen MR) is 103 cm³/mol. The molecule has 0 bridgehead atoms. The van der Waals surface area contributed by atoms with Crippen LogP contribution in [0, 0.1) is 0 Å². The number of rotatable bonds is 3. The number of hydrogen-bond donors (Lipinski definition) is 0. The van der Waals surface area contributed by atoms with Crippen LogP contribution in [0.2, 0.25) is 0 Å². The molecule has 0 unspecified atom stereocenters. The van der Waals surface area contributed by atoms with E-state index in [1.807, 2.05) is 17.5 Å². The van der Waals surface area contributed by atoms with Gasteiger partial charge in [0.15, 0.2) is 0 Å². The van der Waals surface area contributed by atoms with Crippen LogP contribution in [0.25, 0.3) is 6.08 Å². The lowest BCUT2D eigenvalue weighted by atomic mass is 10.1. The van der Waals surface area contributed by atoms with E-state index in [1.54, 1.807) is 28.3 Å². The Morgan fingerprint density at radius 2 is 2.08 bits per heavy atom. The van der Waals surface area contributed by atoms with Crippen LogP contribution in [0.4, 0.5) is 0 Å². The van der Waals surface area contributed by atoms with Crippen molar-refractivity contribution >= 4 is 41.4 Å². The maximum absolute atomic E-state index is 12.8. The highest BCUT2D eigenvalue weighted by molar-refractivity contribution is 8.05. The van der Waals surface area contributed by atoms with Gasteiger partial charge in [0.2, 0.25) is 5.91 Å². The third-order valence-electron chi connectivity index (χ3n) is 4.47. The van der Waals surface area contributed by atoms with E-state index in [0.29, 0.717) is 18.0 Å². The van der Waals surface area contributed by atoms with Crippen molar-refractivity contribution in [2.24, 2.45) is 0 Å². The van der Waals surface area contributed by atoms with E-state index in [0.717, 1.165) is 24.3 Å². The molecule has 4 rings (SSSR count). The van der Waals surface area contributed by atoms with Gasteiger partial charge in [0.05, 0.1) is 5.88 Å². The van der Waals surface area contributed by atoms with Crippen molar-refractivity contribution in [2.45, 2.75) is 12.8 Å². The standard InChI is InChI=1S/C19H18N2O2S2/c22-18(11-14-9-15-3-1-2-4-16(15)10-14)21-6-8-24-12-17(21)19(23)20-5-7-25-13-20/h1-4,6,8-9,12H,5,7,10-11,13H2. The molecule has 0 aromatic heterocycles. The molecule has 0 N–H and O–H groups in total. The van der Waals surface area contributed by atoms with Crippen molar-refractivity contribution < 1.29 is 9.59 Å². The van der Waals surface area contributed by atoms with E-state index in [-0.39, 0.29) is 11.8 Å². The molecule has 1 aromatic rings. The second-order valence-corrected chi connectivity index (χ2v) is 8.00. The van der Waals surface area contributed by atoms with Gasteiger partial charge in [-0.15, -0.1) is 23.5 Å². The Balaban J connectivity index is 1.47. The molecule has 2 heterocycles. The highest BCUT2D eigenvalue weighted by atomic mass is 32.2. The Labute approximate surface area is 155 Å². The minimum atomic E-state index is -0.0566. The van der Waals surface area contributed by atoms with Crippen LogP contribution in [-0.2, 0) is 16.0 Å². The summed E-state index contributed by atoms with van der Waals surface area (Å²) in [5.74, 6) is 1.55. The van der Waals surface area contributed by atoms with Crippen molar-refractivity contribution in [3.05, 3.63) is 63.7 Å². The van der Waals surface area contributed by atoms with Crippen LogP contribution in [0.3, 0.4) is 0 Å². The fourth-order valence-corrected chi connectivity index (χ4v) is 4.75. The number of hydrogen-bond acceptors (Lipinski definition) is 4. The van der Waals surface area contributed by atoms with Gasteiger partial charge in [-0.3, -0.25) is 14.5 Å². The first-order valence-corrected chi connectivity index (χ1v) is 10.3. The summed E-state index contributed by atoms with van der Waals surface area (Å²) >= 11 is 3.18. The maximum Gasteiger partial charge on any atom is 0.272 e. The van der Waals surface area contributed by atoms with E-state index in [1.165, 1.54) is 27.8 Å². The summed E-state index contributed by atoms with van der Waals surface area (Å²) in [5.41, 5.74) is 4.02. The SMILES string of the molecule is O=C(C1=CSC=CN1C(=O)CC1=Cc2ccccc2C1)N1CCSC1. The largest absolute Gasteiger partial charge is 0.327 e. The summed E-state index contributed by atoms with van der Waals surface area (Å²) in [7, 11) is 0. The first-order chi connectivity index (χ1) is 12.2. The molecule has 25 heavy (non-hydrogen) atoms. The summed E-state index contributed by atoms with van der Waals surface area (Å²) in [6.07, 6.45) is 4.96. The minimum Gasteiger partial charge on any atom is -0.327 e. The zero-order valence-electron chi connectivity index (χ0n) is 13.7. The summed E-state index contributed by atoms with van der Waals surface area (Å²) in [4.78, 5) is 28.9. The molecule has 0 spiro atoms. The Kier molecular flexibility index (Phi) is 4.72. The van der Waals surface area contributed by atoms with E-state index in [9.17, 15) is 9.59 Å². The smallest absolute Gasteiger partial charge is 0.272 e. The van der Waals surface area contributed by atoms with Crippen LogP contribution < -0.4 is 0 Å². The normalized spacial score (nSPS) is 18.9. The van der Waals surface area contributed by atoms with E-state index in [2.05, 4.69) is 18.2 Å². The molecule has 0 atom stereocenters. The fourth-order valence-electron chi connectivity index (χ4n) is 3.19. The summed E-state index contributed by atoms with van der Waals surface area (Å²) < 4.78 is 0. The molecule has 2 amide bonds. The van der Waals surface area contributed by atoms with Gasteiger partial charge in [-0.2, -0.15) is 0 Å². The van der Waals surface area contributed by atoms with Gasteiger partial charge in [0, 0.05) is 30.3 Å². The Bertz CT molecular complexity index is 807. The molecule has 3 aliphatic rings. The molecule has 128 valence electrons. The predicted octanol–water partition coefficient (Wildman–Crippen LogP) is 3.44. The zero-order chi connectivity index (χ0) is 17.2. The number of amides is 2. The van der Waals surface area contributed by atoms with Crippen molar-refractivity contribution in [3.8, 4) is 0 Å². The Morgan fingerprint density at radius 1 is 1.20 bits per heavy atom. The average Bonchev–Trinajstić information content (AvgIpc) is 3.30. The average molecular weight is 370 g/mol. The van der Waals surface area contributed by atoms with Crippen LogP contribution in [0.1, 0.15) is 17.5 Å². The highest BCUT2D eigenvalue weighted by Crippen LogP contribution is 2.29. The fraction of sp³-hybridized carbons (Fsp3) is 0.263. The van der Waals surface area contributed by atoms with Crippen LogP contribution in [0.5, 0.6) is 0 Å². The maximum atomic E-state index is 12.8. The topological polar surface area (TPSA) is 40.6 Å². The van der Waals surface area contributed by atoms with Gasteiger partial charge < -0.3 is 4.90 Å². The molecule has 1 aliphatic carbocycles. The lowest BCUT2D eigenvalue weighted by Crippen LogP contribution is -2.38. The van der Waals surface area contributed by atoms with E-state index >= 15 is 0 Å².